The van der Waals surface area contributed by atoms with E-state index in [-0.39, 0.29) is 29.0 Å². The molecule has 8 nitrogen and oxygen atoms in total. The van der Waals surface area contributed by atoms with Crippen molar-refractivity contribution < 1.29 is 17.2 Å². The van der Waals surface area contributed by atoms with Crippen LogP contribution in [0, 0.1) is 5.82 Å². The van der Waals surface area contributed by atoms with E-state index in [1.165, 1.54) is 28.6 Å². The highest BCUT2D eigenvalue weighted by Crippen LogP contribution is 2.33. The zero-order chi connectivity index (χ0) is 22.5. The van der Waals surface area contributed by atoms with Crippen molar-refractivity contribution in [1.82, 2.24) is 24.3 Å². The molecule has 32 heavy (non-hydrogen) atoms. The maximum absolute atomic E-state index is 13.2. The summed E-state index contributed by atoms with van der Waals surface area (Å²) >= 11 is 5.90. The lowest BCUT2D eigenvalue weighted by molar-refractivity contribution is 0.386. The summed E-state index contributed by atoms with van der Waals surface area (Å²) in [7, 11) is -1.92. The SMILES string of the molecule is Cn1nc(-c2nnc(-c3ccc(F)cc3)o2)c2c1CCN(S(=O)(=O)c1ccc(Cl)cc1)C2. The molecule has 0 unspecified atom stereocenters. The fourth-order valence-electron chi connectivity index (χ4n) is 3.73. The molecule has 0 saturated heterocycles. The first-order chi connectivity index (χ1) is 15.3. The van der Waals surface area contributed by atoms with E-state index in [0.717, 1.165) is 5.69 Å². The Labute approximate surface area is 188 Å². The van der Waals surface area contributed by atoms with Gasteiger partial charge in [-0.05, 0) is 48.5 Å². The zero-order valence-corrected chi connectivity index (χ0v) is 18.4. The largest absolute Gasteiger partial charge is 0.415 e. The van der Waals surface area contributed by atoms with Crippen LogP contribution in [-0.2, 0) is 30.0 Å². The lowest BCUT2D eigenvalue weighted by atomic mass is 10.1. The minimum absolute atomic E-state index is 0.123. The summed E-state index contributed by atoms with van der Waals surface area (Å²) in [5.74, 6) is 0.0297. The van der Waals surface area contributed by atoms with Crippen molar-refractivity contribution in [3.63, 3.8) is 0 Å². The van der Waals surface area contributed by atoms with E-state index in [1.807, 2.05) is 0 Å². The average molecular weight is 474 g/mol. The standard InChI is InChI=1S/C21H17ClFN5O3S/c1-27-18-10-11-28(32(29,30)16-8-4-14(22)5-9-16)12-17(18)19(26-27)21-25-24-20(31-21)13-2-6-15(23)7-3-13/h2-9H,10-12H2,1H3. The van der Waals surface area contributed by atoms with Crippen LogP contribution in [0.25, 0.3) is 23.0 Å². The van der Waals surface area contributed by atoms with Gasteiger partial charge in [0.1, 0.15) is 5.82 Å². The summed E-state index contributed by atoms with van der Waals surface area (Å²) in [6.07, 6.45) is 0.491. The van der Waals surface area contributed by atoms with Crippen LogP contribution in [0.3, 0.4) is 0 Å². The van der Waals surface area contributed by atoms with Gasteiger partial charge in [0.15, 0.2) is 5.69 Å². The first kappa shape index (κ1) is 20.8. The average Bonchev–Trinajstić information content (AvgIpc) is 3.39. The molecular weight excluding hydrogens is 457 g/mol. The Morgan fingerprint density at radius 3 is 2.44 bits per heavy atom. The van der Waals surface area contributed by atoms with Crippen molar-refractivity contribution in [2.75, 3.05) is 6.54 Å². The highest BCUT2D eigenvalue weighted by atomic mass is 35.5. The van der Waals surface area contributed by atoms with Gasteiger partial charge in [-0.15, -0.1) is 10.2 Å². The van der Waals surface area contributed by atoms with Crippen LogP contribution in [0.4, 0.5) is 4.39 Å². The molecule has 2 aromatic heterocycles. The molecule has 5 rings (SSSR count). The molecule has 0 atom stereocenters. The van der Waals surface area contributed by atoms with Crippen LogP contribution >= 0.6 is 11.6 Å². The van der Waals surface area contributed by atoms with Gasteiger partial charge in [0, 0.05) is 48.4 Å². The van der Waals surface area contributed by atoms with E-state index in [2.05, 4.69) is 15.3 Å². The molecule has 4 aromatic rings. The van der Waals surface area contributed by atoms with Gasteiger partial charge in [-0.1, -0.05) is 11.6 Å². The number of rotatable bonds is 4. The van der Waals surface area contributed by atoms with Crippen LogP contribution in [-0.4, -0.2) is 39.2 Å². The third-order valence-electron chi connectivity index (χ3n) is 5.38. The Morgan fingerprint density at radius 2 is 1.72 bits per heavy atom. The number of aromatic nitrogens is 4. The summed E-state index contributed by atoms with van der Waals surface area (Å²) in [6.45, 7) is 0.444. The van der Waals surface area contributed by atoms with Gasteiger partial charge in [0.2, 0.25) is 15.9 Å². The zero-order valence-electron chi connectivity index (χ0n) is 16.9. The van der Waals surface area contributed by atoms with Gasteiger partial charge >= 0.3 is 0 Å². The number of hydrogen-bond acceptors (Lipinski definition) is 6. The third kappa shape index (κ3) is 3.60. The first-order valence-corrected chi connectivity index (χ1v) is 11.5. The molecular formula is C21H17ClFN5O3S. The lowest BCUT2D eigenvalue weighted by Crippen LogP contribution is -2.36. The number of sulfonamides is 1. The lowest BCUT2D eigenvalue weighted by Gasteiger charge is -2.26. The molecule has 164 valence electrons. The monoisotopic (exact) mass is 473 g/mol. The van der Waals surface area contributed by atoms with Crippen LogP contribution in [0.2, 0.25) is 5.02 Å². The second kappa shape index (κ2) is 7.80. The Bertz CT molecular complexity index is 1400. The van der Waals surface area contributed by atoms with E-state index in [9.17, 15) is 12.8 Å². The van der Waals surface area contributed by atoms with Gasteiger partial charge < -0.3 is 4.42 Å². The van der Waals surface area contributed by atoms with Crippen molar-refractivity contribution in [2.45, 2.75) is 17.9 Å². The Morgan fingerprint density at radius 1 is 1.03 bits per heavy atom. The molecule has 3 heterocycles. The minimum atomic E-state index is -3.72. The van der Waals surface area contributed by atoms with Crippen LogP contribution < -0.4 is 0 Å². The van der Waals surface area contributed by atoms with Gasteiger partial charge in [0.05, 0.1) is 4.90 Å². The Kier molecular flexibility index (Phi) is 5.07. The van der Waals surface area contributed by atoms with E-state index >= 15 is 0 Å². The Balaban J connectivity index is 1.49. The number of hydrogen-bond donors (Lipinski definition) is 0. The van der Waals surface area contributed by atoms with E-state index in [0.29, 0.717) is 34.8 Å². The molecule has 0 saturated carbocycles. The molecule has 11 heteroatoms. The number of fused-ring (bicyclic) bond motifs is 1. The van der Waals surface area contributed by atoms with Crippen LogP contribution in [0.15, 0.2) is 57.8 Å². The van der Waals surface area contributed by atoms with E-state index in [1.54, 1.807) is 36.0 Å². The van der Waals surface area contributed by atoms with Gasteiger partial charge in [-0.25, -0.2) is 12.8 Å². The first-order valence-electron chi connectivity index (χ1n) is 9.73. The van der Waals surface area contributed by atoms with Crippen molar-refractivity contribution in [2.24, 2.45) is 7.05 Å². The van der Waals surface area contributed by atoms with Crippen LogP contribution in [0.5, 0.6) is 0 Å². The predicted molar refractivity (Wildman–Crippen MR) is 115 cm³/mol. The van der Waals surface area contributed by atoms with Crippen molar-refractivity contribution >= 4 is 21.6 Å². The number of nitrogens with zero attached hydrogens (tertiary/aromatic N) is 5. The summed E-state index contributed by atoms with van der Waals surface area (Å²) in [4.78, 5) is 0.173. The summed E-state index contributed by atoms with van der Waals surface area (Å²) in [5, 5.41) is 13.1. The predicted octanol–water partition coefficient (Wildman–Crippen LogP) is 3.68. The van der Waals surface area contributed by atoms with Crippen LogP contribution in [0.1, 0.15) is 11.3 Å². The summed E-state index contributed by atoms with van der Waals surface area (Å²) in [6, 6.07) is 11.8. The molecule has 1 aliphatic heterocycles. The molecule has 0 amide bonds. The smallest absolute Gasteiger partial charge is 0.268 e. The molecule has 1 aliphatic rings. The molecule has 0 radical (unpaired) electrons. The fraction of sp³-hybridized carbons (Fsp3) is 0.190. The second-order valence-electron chi connectivity index (χ2n) is 7.36. The second-order valence-corrected chi connectivity index (χ2v) is 9.73. The van der Waals surface area contributed by atoms with Crippen molar-refractivity contribution in [3.8, 4) is 23.0 Å². The van der Waals surface area contributed by atoms with Crippen molar-refractivity contribution in [1.29, 1.82) is 0 Å². The van der Waals surface area contributed by atoms with Crippen molar-refractivity contribution in [3.05, 3.63) is 70.6 Å². The molecule has 0 spiro atoms. The molecule has 2 aromatic carbocycles. The number of benzene rings is 2. The minimum Gasteiger partial charge on any atom is -0.415 e. The maximum Gasteiger partial charge on any atom is 0.268 e. The maximum atomic E-state index is 13.2. The summed E-state index contributed by atoms with van der Waals surface area (Å²) in [5.41, 5.74) is 2.62. The third-order valence-corrected chi connectivity index (χ3v) is 7.49. The quantitative estimate of drug-likeness (QED) is 0.449. The summed E-state index contributed by atoms with van der Waals surface area (Å²) < 4.78 is 48.4. The Hall–Kier alpha value is -3.08. The van der Waals surface area contributed by atoms with Gasteiger partial charge in [-0.2, -0.15) is 9.40 Å². The molecule has 0 fully saturated rings. The van der Waals surface area contributed by atoms with Gasteiger partial charge in [-0.3, -0.25) is 4.68 Å². The molecule has 0 bridgehead atoms. The normalized spacial score (nSPS) is 14.5. The highest BCUT2D eigenvalue weighted by Gasteiger charge is 2.33. The topological polar surface area (TPSA) is 94.1 Å². The van der Waals surface area contributed by atoms with Gasteiger partial charge in [0.25, 0.3) is 5.89 Å². The van der Waals surface area contributed by atoms with E-state index in [4.69, 9.17) is 16.0 Å². The number of halogens is 2. The fourth-order valence-corrected chi connectivity index (χ4v) is 5.26. The molecule has 0 N–H and O–H groups in total. The highest BCUT2D eigenvalue weighted by molar-refractivity contribution is 7.89. The van der Waals surface area contributed by atoms with E-state index < -0.39 is 10.0 Å². The molecule has 0 aliphatic carbocycles. The number of aryl methyl sites for hydroxylation is 1.